The van der Waals surface area contributed by atoms with E-state index in [1.165, 1.54) is 13.0 Å². The Morgan fingerprint density at radius 3 is 2.54 bits per heavy atom. The van der Waals surface area contributed by atoms with E-state index in [0.29, 0.717) is 74.0 Å². The lowest BCUT2D eigenvalue weighted by Gasteiger charge is -2.64. The van der Waals surface area contributed by atoms with Crippen molar-refractivity contribution < 1.29 is 34.4 Å². The first-order chi connectivity index (χ1) is 25.6. The van der Waals surface area contributed by atoms with Gasteiger partial charge in [-0.2, -0.15) is 0 Å². The fraction of sp³-hybridized carbons (Fsp3) is 0.622. The van der Waals surface area contributed by atoms with Crippen LogP contribution in [-0.2, 0) is 17.8 Å². The van der Waals surface area contributed by atoms with E-state index in [1.807, 2.05) is 37.3 Å². The number of benzene rings is 2. The molecule has 4 aliphatic carbocycles. The van der Waals surface area contributed by atoms with Crippen LogP contribution in [0.4, 0.5) is 10.1 Å². The summed E-state index contributed by atoms with van der Waals surface area (Å²) in [6.45, 7) is 10.3. The van der Waals surface area contributed by atoms with Crippen LogP contribution in [0.1, 0.15) is 119 Å². The minimum atomic E-state index is -0.966. The molecule has 0 spiro atoms. The van der Waals surface area contributed by atoms with Gasteiger partial charge in [-0.25, -0.2) is 4.39 Å². The van der Waals surface area contributed by atoms with Gasteiger partial charge in [-0.15, -0.1) is 0 Å². The van der Waals surface area contributed by atoms with E-state index in [0.717, 1.165) is 35.7 Å². The molecule has 3 aromatic rings. The van der Waals surface area contributed by atoms with Crippen molar-refractivity contribution in [3.63, 3.8) is 0 Å². The average molecular weight is 743 g/mol. The maximum absolute atomic E-state index is 15.6. The Labute approximate surface area is 319 Å². The zero-order chi connectivity index (χ0) is 38.7. The molecule has 5 unspecified atom stereocenters. The highest BCUT2D eigenvalue weighted by atomic mass is 19.1. The van der Waals surface area contributed by atoms with Crippen LogP contribution in [0.15, 0.2) is 42.5 Å². The number of aromatic nitrogens is 1. The van der Waals surface area contributed by atoms with Gasteiger partial charge in [0.05, 0.1) is 40.3 Å². The summed E-state index contributed by atoms with van der Waals surface area (Å²) >= 11 is 0. The van der Waals surface area contributed by atoms with Gasteiger partial charge < -0.3 is 25.7 Å². The van der Waals surface area contributed by atoms with E-state index in [-0.39, 0.29) is 64.4 Å². The van der Waals surface area contributed by atoms with E-state index in [2.05, 4.69) is 31.1 Å². The van der Waals surface area contributed by atoms with E-state index in [1.54, 1.807) is 6.07 Å². The molecule has 8 nitrogen and oxygen atoms in total. The van der Waals surface area contributed by atoms with E-state index in [4.69, 9.17) is 0 Å². The van der Waals surface area contributed by atoms with Crippen LogP contribution in [0.2, 0.25) is 0 Å². The highest BCUT2D eigenvalue weighted by molar-refractivity contribution is 6.08. The van der Waals surface area contributed by atoms with Crippen LogP contribution in [0.25, 0.3) is 10.9 Å². The number of ketones is 1. The van der Waals surface area contributed by atoms with Gasteiger partial charge in [0.15, 0.2) is 5.78 Å². The number of carbonyl (C=O) groups is 2. The summed E-state index contributed by atoms with van der Waals surface area (Å²) in [6, 6.07) is 12.9. The Hall–Kier alpha value is -3.40. The number of rotatable bonds is 11. The number of nitrogens with zero attached hydrogens (tertiary/aromatic N) is 1. The van der Waals surface area contributed by atoms with Gasteiger partial charge in [0, 0.05) is 18.4 Å². The highest BCUT2D eigenvalue weighted by Crippen LogP contribution is 2.69. The van der Waals surface area contributed by atoms with Crippen molar-refractivity contribution in [1.82, 2.24) is 4.98 Å². The van der Waals surface area contributed by atoms with Crippen molar-refractivity contribution >= 4 is 28.3 Å². The summed E-state index contributed by atoms with van der Waals surface area (Å²) in [4.78, 5) is 28.5. The molecule has 1 aromatic heterocycles. The van der Waals surface area contributed by atoms with Crippen molar-refractivity contribution in [2.75, 3.05) is 5.32 Å². The first-order valence-corrected chi connectivity index (χ1v) is 20.3. The van der Waals surface area contributed by atoms with E-state index in [9.17, 15) is 30.0 Å². The number of aliphatic carboxylic acids is 1. The Morgan fingerprint density at radius 2 is 1.81 bits per heavy atom. The predicted octanol–water partition coefficient (Wildman–Crippen LogP) is 8.26. The van der Waals surface area contributed by atoms with Crippen LogP contribution in [0.5, 0.6) is 0 Å². The smallest absolute Gasteiger partial charge is 0.303 e. The second-order valence-corrected chi connectivity index (χ2v) is 18.2. The number of Topliss-reactive ketones (excluding diaryl/α,β-unsaturated/α-hetero) is 1. The van der Waals surface area contributed by atoms with Crippen molar-refractivity contribution in [1.29, 1.82) is 0 Å². The van der Waals surface area contributed by atoms with Crippen molar-refractivity contribution in [3.05, 3.63) is 70.7 Å². The summed E-state index contributed by atoms with van der Waals surface area (Å²) < 4.78 is 15.6. The molecule has 0 bridgehead atoms. The number of pyridine rings is 1. The predicted molar refractivity (Wildman–Crippen MR) is 208 cm³/mol. The van der Waals surface area contributed by atoms with Crippen LogP contribution >= 0.6 is 0 Å². The van der Waals surface area contributed by atoms with Crippen LogP contribution in [-0.4, -0.2) is 55.0 Å². The monoisotopic (exact) mass is 742 g/mol. The lowest BCUT2D eigenvalue weighted by Crippen LogP contribution is -2.63. The van der Waals surface area contributed by atoms with Crippen molar-refractivity contribution in [2.45, 2.75) is 130 Å². The zero-order valence-corrected chi connectivity index (χ0v) is 32.6. The molecule has 0 amide bonds. The Balaban J connectivity index is 1.01. The molecule has 7 rings (SSSR count). The third-order valence-electron chi connectivity index (χ3n) is 15.4. The number of aliphatic hydroxyl groups excluding tert-OH is 2. The molecular formula is C45H59FN2O6. The normalized spacial score (nSPS) is 35.2. The van der Waals surface area contributed by atoms with Gasteiger partial charge in [0.2, 0.25) is 0 Å². The Kier molecular flexibility index (Phi) is 10.5. The first-order valence-electron chi connectivity index (χ1n) is 20.3. The van der Waals surface area contributed by atoms with Gasteiger partial charge >= 0.3 is 5.97 Å². The van der Waals surface area contributed by atoms with Gasteiger partial charge in [0.25, 0.3) is 0 Å². The molecule has 4 saturated carbocycles. The standard InChI is InChI=1S/C45H59FN2O6/c1-25(10-15-39(52)53)32-13-14-33-41-34(22-38(51)44(32,33)5)43(4)18-19-45(54,23-30(43)21-37(41)50)17-16-29-12-11-28(20-35(29)46)24-47-42-31-8-6-7-9-36(31)48-26(2)40(42)27(3)49/h6-9,11-12,20,25,30,32-34,37-38,41,50-51,54H,10,13-19,21-24H2,1-5H3,(H,47,48)(H,52,53)/t25?,30?,32-,33?,34?,37-,38+,41?,43+,44-,45-/m1/s1. The summed E-state index contributed by atoms with van der Waals surface area (Å²) in [5.74, 6) is -0.256. The minimum absolute atomic E-state index is 0.0824. The first kappa shape index (κ1) is 38.9. The summed E-state index contributed by atoms with van der Waals surface area (Å²) in [5.41, 5.74) is 2.54. The number of fused-ring (bicyclic) bond motifs is 6. The lowest BCUT2D eigenvalue weighted by molar-refractivity contribution is -0.216. The molecule has 5 N–H and O–H groups in total. The number of carboxylic acid groups (broad SMARTS) is 1. The number of para-hydroxylation sites is 1. The molecule has 4 aliphatic rings. The summed E-state index contributed by atoms with van der Waals surface area (Å²) in [6.07, 6.45) is 5.64. The molecule has 2 aromatic carbocycles. The van der Waals surface area contributed by atoms with Gasteiger partial charge in [-0.05, 0) is 148 Å². The number of hydrogen-bond acceptors (Lipinski definition) is 7. The van der Waals surface area contributed by atoms with Crippen LogP contribution < -0.4 is 5.32 Å². The third-order valence-corrected chi connectivity index (χ3v) is 15.4. The number of carboxylic acids is 1. The SMILES string of the molecule is CC(=O)c1c(C)nc2ccccc2c1NCc1ccc(CC[C@@]2(O)CC[C@@]3(C)C(C[C@@H](O)C4C3C[C@H](O)[C@@]3(C)C4CC[C@@H]3C(C)CCC(=O)O)C2)c(F)c1. The second kappa shape index (κ2) is 14.6. The molecule has 0 aliphatic heterocycles. The zero-order valence-electron chi connectivity index (χ0n) is 32.6. The maximum Gasteiger partial charge on any atom is 0.303 e. The van der Waals surface area contributed by atoms with Crippen LogP contribution in [0, 0.1) is 59.1 Å². The molecule has 1 heterocycles. The van der Waals surface area contributed by atoms with Crippen molar-refractivity contribution in [3.8, 4) is 0 Å². The quantitative estimate of drug-likeness (QED) is 0.124. The molecule has 4 fully saturated rings. The highest BCUT2D eigenvalue weighted by Gasteiger charge is 2.66. The topological polar surface area (TPSA) is 140 Å². The molecular weight excluding hydrogens is 684 g/mol. The number of carbonyl (C=O) groups excluding carboxylic acids is 1. The molecule has 0 radical (unpaired) electrons. The number of hydrogen-bond donors (Lipinski definition) is 5. The lowest BCUT2D eigenvalue weighted by atomic mass is 9.42. The Morgan fingerprint density at radius 1 is 1.06 bits per heavy atom. The minimum Gasteiger partial charge on any atom is -0.481 e. The van der Waals surface area contributed by atoms with Crippen LogP contribution in [0.3, 0.4) is 0 Å². The van der Waals surface area contributed by atoms with Crippen molar-refractivity contribution in [2.24, 2.45) is 46.3 Å². The molecule has 11 atom stereocenters. The van der Waals surface area contributed by atoms with Gasteiger partial charge in [0.1, 0.15) is 5.82 Å². The summed E-state index contributed by atoms with van der Waals surface area (Å²) in [5, 5.41) is 49.3. The van der Waals surface area contributed by atoms with E-state index < -0.39 is 23.8 Å². The third kappa shape index (κ3) is 6.76. The fourth-order valence-corrected chi connectivity index (χ4v) is 12.4. The number of aryl methyl sites for hydroxylation is 2. The molecule has 54 heavy (non-hydrogen) atoms. The molecule has 0 saturated heterocycles. The number of anilines is 1. The summed E-state index contributed by atoms with van der Waals surface area (Å²) in [7, 11) is 0. The molecule has 9 heteroatoms. The maximum atomic E-state index is 15.6. The Bertz CT molecular complexity index is 1920. The number of halogens is 1. The van der Waals surface area contributed by atoms with Gasteiger partial charge in [-0.1, -0.05) is 51.1 Å². The fourth-order valence-electron chi connectivity index (χ4n) is 12.4. The molecule has 292 valence electrons. The van der Waals surface area contributed by atoms with E-state index >= 15 is 4.39 Å². The van der Waals surface area contributed by atoms with Gasteiger partial charge in [-0.3, -0.25) is 14.6 Å². The average Bonchev–Trinajstić information content (AvgIpc) is 3.48. The largest absolute Gasteiger partial charge is 0.481 e. The number of aliphatic hydroxyl groups is 3. The number of nitrogens with one attached hydrogen (secondary N) is 1. The second-order valence-electron chi connectivity index (χ2n) is 18.2.